The molecule has 0 unspecified atom stereocenters. The quantitative estimate of drug-likeness (QED) is 0.847. The Balaban J connectivity index is 3.37. The molecular weight excluding hydrogens is 241 g/mol. The Kier molecular flexibility index (Phi) is 3.56. The van der Waals surface area contributed by atoms with Crippen molar-refractivity contribution in [3.05, 3.63) is 23.0 Å². The summed E-state index contributed by atoms with van der Waals surface area (Å²) in [6, 6.07) is 1.24. The second-order valence-corrected chi connectivity index (χ2v) is 3.16. The summed E-state index contributed by atoms with van der Waals surface area (Å²) in [7, 11) is 0. The highest BCUT2D eigenvalue weighted by molar-refractivity contribution is 5.89. The predicted octanol–water partition coefficient (Wildman–Crippen LogP) is 1.45. The second-order valence-electron chi connectivity index (χ2n) is 3.16. The molecule has 8 heteroatoms. The Morgan fingerprint density at radius 2 is 2.18 bits per heavy atom. The van der Waals surface area contributed by atoms with E-state index in [2.05, 4.69) is 9.72 Å². The van der Waals surface area contributed by atoms with Crippen LogP contribution in [0.4, 0.5) is 13.2 Å². The van der Waals surface area contributed by atoms with Crippen LogP contribution in [0.5, 0.6) is 5.75 Å². The van der Waals surface area contributed by atoms with Crippen LogP contribution in [-0.2, 0) is 6.54 Å². The number of rotatable bonds is 3. The highest BCUT2D eigenvalue weighted by Gasteiger charge is 2.34. The van der Waals surface area contributed by atoms with Crippen molar-refractivity contribution in [2.24, 2.45) is 5.73 Å². The van der Waals surface area contributed by atoms with Gasteiger partial charge in [0.15, 0.2) is 11.4 Å². The summed E-state index contributed by atoms with van der Waals surface area (Å²) in [6.45, 7) is 1.16. The number of hydrogen-bond donors (Lipinski definition) is 2. The van der Waals surface area contributed by atoms with E-state index in [-0.39, 0.29) is 17.8 Å². The third-order valence-corrected chi connectivity index (χ3v) is 1.82. The van der Waals surface area contributed by atoms with Gasteiger partial charge < -0.3 is 15.6 Å². The lowest BCUT2D eigenvalue weighted by Crippen LogP contribution is -2.22. The standard InChI is InChI=1S/C9H9F3N2O3/c1-4-2-5(3-13)7(17-9(10,11)12)6(14-4)8(15)16/h2H,3,13H2,1H3,(H,15,16). The molecule has 0 aliphatic heterocycles. The lowest BCUT2D eigenvalue weighted by molar-refractivity contribution is -0.275. The van der Waals surface area contributed by atoms with Crippen molar-refractivity contribution in [1.29, 1.82) is 0 Å². The molecule has 1 rings (SSSR count). The Labute approximate surface area is 94.0 Å². The zero-order valence-electron chi connectivity index (χ0n) is 8.71. The first-order valence-corrected chi connectivity index (χ1v) is 4.44. The molecule has 17 heavy (non-hydrogen) atoms. The SMILES string of the molecule is Cc1cc(CN)c(OC(F)(F)F)c(C(=O)O)n1. The van der Waals surface area contributed by atoms with E-state index in [1.165, 1.54) is 13.0 Å². The van der Waals surface area contributed by atoms with Crippen LogP contribution in [0.1, 0.15) is 21.7 Å². The summed E-state index contributed by atoms with van der Waals surface area (Å²) in [5.41, 5.74) is 4.62. The smallest absolute Gasteiger partial charge is 0.476 e. The van der Waals surface area contributed by atoms with Gasteiger partial charge in [-0.2, -0.15) is 0 Å². The highest BCUT2D eigenvalue weighted by Crippen LogP contribution is 2.29. The maximum Gasteiger partial charge on any atom is 0.573 e. The number of carboxylic acids is 1. The van der Waals surface area contributed by atoms with Gasteiger partial charge in [0.05, 0.1) is 0 Å². The van der Waals surface area contributed by atoms with Gasteiger partial charge in [0.1, 0.15) is 0 Å². The van der Waals surface area contributed by atoms with E-state index in [0.29, 0.717) is 0 Å². The number of hydrogen-bond acceptors (Lipinski definition) is 4. The number of pyridine rings is 1. The fourth-order valence-corrected chi connectivity index (χ4v) is 1.26. The van der Waals surface area contributed by atoms with Crippen LogP contribution < -0.4 is 10.5 Å². The molecule has 0 amide bonds. The molecule has 0 aromatic carbocycles. The van der Waals surface area contributed by atoms with Gasteiger partial charge in [0, 0.05) is 17.8 Å². The predicted molar refractivity (Wildman–Crippen MR) is 50.5 cm³/mol. The Morgan fingerprint density at radius 3 is 2.59 bits per heavy atom. The van der Waals surface area contributed by atoms with Crippen molar-refractivity contribution >= 4 is 5.97 Å². The third kappa shape index (κ3) is 3.31. The molecule has 0 spiro atoms. The lowest BCUT2D eigenvalue weighted by atomic mass is 10.1. The molecule has 0 saturated heterocycles. The summed E-state index contributed by atoms with van der Waals surface area (Å²) in [4.78, 5) is 14.3. The zero-order valence-corrected chi connectivity index (χ0v) is 8.71. The number of aromatic nitrogens is 1. The molecule has 1 aromatic heterocycles. The number of aromatic carboxylic acids is 1. The number of aryl methyl sites for hydroxylation is 1. The first kappa shape index (κ1) is 13.2. The summed E-state index contributed by atoms with van der Waals surface area (Å²) < 4.78 is 40.0. The largest absolute Gasteiger partial charge is 0.573 e. The van der Waals surface area contributed by atoms with E-state index < -0.39 is 23.8 Å². The molecule has 94 valence electrons. The fraction of sp³-hybridized carbons (Fsp3) is 0.333. The van der Waals surface area contributed by atoms with E-state index in [1.54, 1.807) is 0 Å². The number of nitrogens with two attached hydrogens (primary N) is 1. The normalized spacial score (nSPS) is 11.4. The molecular formula is C9H9F3N2O3. The molecule has 0 bridgehead atoms. The van der Waals surface area contributed by atoms with Crippen LogP contribution in [0.15, 0.2) is 6.07 Å². The molecule has 0 atom stereocenters. The summed E-state index contributed by atoms with van der Waals surface area (Å²) in [5, 5.41) is 8.76. The van der Waals surface area contributed by atoms with E-state index in [4.69, 9.17) is 10.8 Å². The number of carboxylic acid groups (broad SMARTS) is 1. The molecule has 0 radical (unpaired) electrons. The third-order valence-electron chi connectivity index (χ3n) is 1.82. The van der Waals surface area contributed by atoms with E-state index >= 15 is 0 Å². The van der Waals surface area contributed by atoms with Crippen LogP contribution >= 0.6 is 0 Å². The number of alkyl halides is 3. The average Bonchev–Trinajstić information content (AvgIpc) is 2.17. The Bertz CT molecular complexity index is 446. The van der Waals surface area contributed by atoms with Gasteiger partial charge in [0.2, 0.25) is 0 Å². The number of halogens is 3. The van der Waals surface area contributed by atoms with E-state index in [0.717, 1.165) is 0 Å². The Hall–Kier alpha value is -1.83. The second kappa shape index (κ2) is 4.58. The van der Waals surface area contributed by atoms with Gasteiger partial charge in [-0.1, -0.05) is 0 Å². The number of nitrogens with zero attached hydrogens (tertiary/aromatic N) is 1. The van der Waals surface area contributed by atoms with Crippen molar-refractivity contribution in [1.82, 2.24) is 4.98 Å². The minimum absolute atomic E-state index is 0.0628. The van der Waals surface area contributed by atoms with Gasteiger partial charge in [-0.3, -0.25) is 0 Å². The van der Waals surface area contributed by atoms with Crippen LogP contribution in [0.2, 0.25) is 0 Å². The van der Waals surface area contributed by atoms with Crippen molar-refractivity contribution in [2.45, 2.75) is 19.8 Å². The van der Waals surface area contributed by atoms with Gasteiger partial charge in [-0.25, -0.2) is 9.78 Å². The lowest BCUT2D eigenvalue weighted by Gasteiger charge is -2.14. The summed E-state index contributed by atoms with van der Waals surface area (Å²) in [5.74, 6) is -2.47. The zero-order chi connectivity index (χ0) is 13.2. The van der Waals surface area contributed by atoms with Gasteiger partial charge in [-0.15, -0.1) is 13.2 Å². The van der Waals surface area contributed by atoms with Crippen molar-refractivity contribution in [3.63, 3.8) is 0 Å². The van der Waals surface area contributed by atoms with Gasteiger partial charge in [0.25, 0.3) is 0 Å². The summed E-state index contributed by atoms with van der Waals surface area (Å²) >= 11 is 0. The monoisotopic (exact) mass is 250 g/mol. The molecule has 0 aliphatic rings. The molecule has 1 heterocycles. The molecule has 5 nitrogen and oxygen atoms in total. The van der Waals surface area contributed by atoms with Crippen LogP contribution in [0, 0.1) is 6.92 Å². The van der Waals surface area contributed by atoms with E-state index in [1.807, 2.05) is 0 Å². The highest BCUT2D eigenvalue weighted by atomic mass is 19.4. The topological polar surface area (TPSA) is 85.4 Å². The fourth-order valence-electron chi connectivity index (χ4n) is 1.26. The van der Waals surface area contributed by atoms with Gasteiger partial charge in [-0.05, 0) is 13.0 Å². The minimum atomic E-state index is -4.99. The van der Waals surface area contributed by atoms with Crippen molar-refractivity contribution in [2.75, 3.05) is 0 Å². The maximum absolute atomic E-state index is 12.1. The van der Waals surface area contributed by atoms with Crippen LogP contribution in [-0.4, -0.2) is 22.4 Å². The average molecular weight is 250 g/mol. The maximum atomic E-state index is 12.1. The molecule has 0 fully saturated rings. The first-order chi connectivity index (χ1) is 7.74. The number of carbonyl (C=O) groups is 1. The minimum Gasteiger partial charge on any atom is -0.476 e. The molecule has 3 N–H and O–H groups in total. The molecule has 0 saturated carbocycles. The van der Waals surface area contributed by atoms with E-state index in [9.17, 15) is 18.0 Å². The molecule has 0 aliphatic carbocycles. The molecule has 1 aromatic rings. The first-order valence-electron chi connectivity index (χ1n) is 4.44. The Morgan fingerprint density at radius 1 is 1.59 bits per heavy atom. The van der Waals surface area contributed by atoms with Crippen molar-refractivity contribution < 1.29 is 27.8 Å². The van der Waals surface area contributed by atoms with Crippen LogP contribution in [0.3, 0.4) is 0 Å². The van der Waals surface area contributed by atoms with Crippen molar-refractivity contribution in [3.8, 4) is 5.75 Å². The van der Waals surface area contributed by atoms with Crippen LogP contribution in [0.25, 0.3) is 0 Å². The summed E-state index contributed by atoms with van der Waals surface area (Å²) in [6.07, 6.45) is -4.99. The van der Waals surface area contributed by atoms with Gasteiger partial charge >= 0.3 is 12.3 Å². The number of ether oxygens (including phenoxy) is 1.